The fourth-order valence-corrected chi connectivity index (χ4v) is 2.21. The van der Waals surface area contributed by atoms with Gasteiger partial charge in [-0.25, -0.2) is 0 Å². The first kappa shape index (κ1) is 23.7. The molecule has 0 unspecified atom stereocenters. The number of aromatic nitrogens is 1. The molecule has 2 rings (SSSR count). The molecule has 1 aromatic heterocycles. The maximum Gasteiger partial charge on any atom is 0.416 e. The zero-order valence-electron chi connectivity index (χ0n) is 15.1. The number of carbonyl (C=O) groups is 1. The summed E-state index contributed by atoms with van der Waals surface area (Å²) in [4.78, 5) is 19.8. The van der Waals surface area contributed by atoms with Crippen LogP contribution < -0.4 is 16.0 Å². The van der Waals surface area contributed by atoms with Gasteiger partial charge in [0.1, 0.15) is 0 Å². The van der Waals surface area contributed by atoms with Gasteiger partial charge in [0.25, 0.3) is 0 Å². The minimum atomic E-state index is -4.33. The van der Waals surface area contributed by atoms with Gasteiger partial charge in [-0.15, -0.1) is 24.0 Å². The predicted octanol–water partition coefficient (Wildman–Crippen LogP) is 3.06. The van der Waals surface area contributed by atoms with Crippen LogP contribution in [0.1, 0.15) is 11.1 Å². The fourth-order valence-electron chi connectivity index (χ4n) is 2.21. The first-order chi connectivity index (χ1) is 12.9. The van der Waals surface area contributed by atoms with Crippen LogP contribution in [0.4, 0.5) is 18.9 Å². The highest BCUT2D eigenvalue weighted by Gasteiger charge is 2.29. The molecule has 28 heavy (non-hydrogen) atoms. The molecular weight excluding hydrogens is 486 g/mol. The summed E-state index contributed by atoms with van der Waals surface area (Å²) in [7, 11) is 1.56. The Morgan fingerprint density at radius 1 is 1.14 bits per heavy atom. The van der Waals surface area contributed by atoms with Crippen molar-refractivity contribution < 1.29 is 18.0 Å². The first-order valence-electron chi connectivity index (χ1n) is 8.19. The Kier molecular flexibility index (Phi) is 9.69. The van der Waals surface area contributed by atoms with Crippen LogP contribution in [0, 0.1) is 0 Å². The molecule has 0 saturated heterocycles. The molecule has 2 aromatic rings. The number of halogens is 4. The van der Waals surface area contributed by atoms with E-state index in [4.69, 9.17) is 0 Å². The minimum absolute atomic E-state index is 0. The third kappa shape index (κ3) is 8.11. The number of benzene rings is 1. The van der Waals surface area contributed by atoms with Crippen molar-refractivity contribution in [2.24, 2.45) is 4.99 Å². The predicted molar refractivity (Wildman–Crippen MR) is 113 cm³/mol. The summed E-state index contributed by atoms with van der Waals surface area (Å²) in [6, 6.07) is 8.45. The van der Waals surface area contributed by atoms with Crippen LogP contribution in [0.2, 0.25) is 0 Å². The molecule has 152 valence electrons. The minimum Gasteiger partial charge on any atom is -0.356 e. The summed E-state index contributed by atoms with van der Waals surface area (Å²) in [6.45, 7) is 0.462. The number of hydrogen-bond acceptors (Lipinski definition) is 3. The molecule has 0 spiro atoms. The molecule has 0 radical (unpaired) electrons. The van der Waals surface area contributed by atoms with Gasteiger partial charge in [0.05, 0.1) is 24.0 Å². The average Bonchev–Trinajstić information content (AvgIpc) is 2.65. The summed E-state index contributed by atoms with van der Waals surface area (Å²) >= 11 is 0. The Morgan fingerprint density at radius 2 is 1.86 bits per heavy atom. The number of guanidine groups is 1. The summed E-state index contributed by atoms with van der Waals surface area (Å²) in [5, 5.41) is 8.55. The van der Waals surface area contributed by atoms with Crippen molar-refractivity contribution in [2.75, 3.05) is 25.5 Å². The number of pyridine rings is 1. The lowest BCUT2D eigenvalue weighted by Gasteiger charge is -2.12. The lowest BCUT2D eigenvalue weighted by atomic mass is 10.1. The highest BCUT2D eigenvalue weighted by Crippen LogP contribution is 2.29. The molecule has 0 atom stereocenters. The smallest absolute Gasteiger partial charge is 0.356 e. The Labute approximate surface area is 178 Å². The number of aliphatic imine (C=N–C) groups is 1. The third-order valence-corrected chi connectivity index (χ3v) is 3.57. The monoisotopic (exact) mass is 507 g/mol. The van der Waals surface area contributed by atoms with Gasteiger partial charge in [0.15, 0.2) is 5.96 Å². The van der Waals surface area contributed by atoms with Gasteiger partial charge in [-0.05, 0) is 36.2 Å². The number of hydrogen-bond donors (Lipinski definition) is 3. The topological polar surface area (TPSA) is 78.4 Å². The summed E-state index contributed by atoms with van der Waals surface area (Å²) < 4.78 is 37.6. The summed E-state index contributed by atoms with van der Waals surface area (Å²) in [6.07, 6.45) is -0.675. The lowest BCUT2D eigenvalue weighted by molar-refractivity contribution is -0.137. The second kappa shape index (κ2) is 11.5. The molecule has 0 aliphatic carbocycles. The highest BCUT2D eigenvalue weighted by atomic mass is 127. The Bertz CT molecular complexity index is 767. The number of nitrogens with zero attached hydrogens (tertiary/aromatic N) is 2. The first-order valence-corrected chi connectivity index (χ1v) is 8.19. The van der Waals surface area contributed by atoms with Crippen molar-refractivity contribution in [3.8, 4) is 0 Å². The molecule has 3 N–H and O–H groups in total. The van der Waals surface area contributed by atoms with E-state index in [2.05, 4.69) is 25.9 Å². The van der Waals surface area contributed by atoms with Crippen LogP contribution in [0.25, 0.3) is 0 Å². The van der Waals surface area contributed by atoms with Gasteiger partial charge in [0, 0.05) is 19.8 Å². The lowest BCUT2D eigenvalue weighted by Crippen LogP contribution is -2.42. The molecule has 0 aliphatic rings. The second-order valence-corrected chi connectivity index (χ2v) is 5.59. The number of nitrogens with one attached hydrogen (secondary N) is 3. The SMILES string of the molecule is CN=C(NCCc1ccc(C(F)(F)F)cc1)NCC(=O)Nc1cccnc1.I. The van der Waals surface area contributed by atoms with E-state index in [1.807, 2.05) is 0 Å². The molecule has 1 aromatic carbocycles. The molecule has 0 aliphatic heterocycles. The largest absolute Gasteiger partial charge is 0.416 e. The van der Waals surface area contributed by atoms with Crippen molar-refractivity contribution >= 4 is 41.5 Å². The zero-order chi connectivity index (χ0) is 19.7. The van der Waals surface area contributed by atoms with E-state index in [0.29, 0.717) is 24.6 Å². The average molecular weight is 507 g/mol. The normalized spacial score (nSPS) is 11.4. The number of anilines is 1. The molecule has 1 heterocycles. The Balaban J connectivity index is 0.00000392. The van der Waals surface area contributed by atoms with Gasteiger partial charge in [-0.2, -0.15) is 13.2 Å². The van der Waals surface area contributed by atoms with Crippen molar-refractivity contribution in [1.29, 1.82) is 0 Å². The summed E-state index contributed by atoms with van der Waals surface area (Å²) in [5.41, 5.74) is 0.686. The molecule has 1 amide bonds. The van der Waals surface area contributed by atoms with E-state index in [-0.39, 0.29) is 36.4 Å². The summed E-state index contributed by atoms with van der Waals surface area (Å²) in [5.74, 6) is 0.164. The standard InChI is InChI=1S/C18H20F3N5O.HI/c1-22-17(25-12-16(27)26-15-3-2-9-23-11-15)24-10-8-13-4-6-14(7-5-13)18(19,20)21;/h2-7,9,11H,8,10,12H2,1H3,(H,26,27)(H2,22,24,25);1H. The maximum atomic E-state index is 12.5. The van der Waals surface area contributed by atoms with E-state index < -0.39 is 11.7 Å². The molecule has 0 bridgehead atoms. The molecule has 6 nitrogen and oxygen atoms in total. The number of carbonyl (C=O) groups excluding carboxylic acids is 1. The van der Waals surface area contributed by atoms with Crippen molar-refractivity contribution in [3.05, 3.63) is 59.9 Å². The van der Waals surface area contributed by atoms with Gasteiger partial charge in [-0.3, -0.25) is 14.8 Å². The fraction of sp³-hybridized carbons (Fsp3) is 0.278. The van der Waals surface area contributed by atoms with Crippen molar-refractivity contribution in [2.45, 2.75) is 12.6 Å². The van der Waals surface area contributed by atoms with E-state index in [1.165, 1.54) is 18.3 Å². The van der Waals surface area contributed by atoms with Crippen LogP contribution in [0.3, 0.4) is 0 Å². The van der Waals surface area contributed by atoms with Crippen LogP contribution >= 0.6 is 24.0 Å². The van der Waals surface area contributed by atoms with Crippen molar-refractivity contribution in [3.63, 3.8) is 0 Å². The zero-order valence-corrected chi connectivity index (χ0v) is 17.4. The highest BCUT2D eigenvalue weighted by molar-refractivity contribution is 14.0. The molecular formula is C18H21F3IN5O. The van der Waals surface area contributed by atoms with Gasteiger partial charge in [0.2, 0.25) is 5.91 Å². The number of rotatable bonds is 6. The Hall–Kier alpha value is -2.37. The second-order valence-electron chi connectivity index (χ2n) is 5.59. The van der Waals surface area contributed by atoms with Crippen LogP contribution in [-0.4, -0.2) is 37.0 Å². The third-order valence-electron chi connectivity index (χ3n) is 3.57. The van der Waals surface area contributed by atoms with Crippen LogP contribution in [-0.2, 0) is 17.4 Å². The van der Waals surface area contributed by atoms with Crippen LogP contribution in [0.5, 0.6) is 0 Å². The molecule has 0 saturated carbocycles. The Morgan fingerprint density at radius 3 is 2.43 bits per heavy atom. The molecule has 10 heteroatoms. The van der Waals surface area contributed by atoms with E-state index in [0.717, 1.165) is 17.7 Å². The number of alkyl halides is 3. The van der Waals surface area contributed by atoms with Gasteiger partial charge >= 0.3 is 6.18 Å². The number of amides is 1. The maximum absolute atomic E-state index is 12.5. The van der Waals surface area contributed by atoms with Gasteiger partial charge in [-0.1, -0.05) is 12.1 Å². The van der Waals surface area contributed by atoms with Gasteiger partial charge < -0.3 is 16.0 Å². The van der Waals surface area contributed by atoms with Crippen molar-refractivity contribution in [1.82, 2.24) is 15.6 Å². The van der Waals surface area contributed by atoms with E-state index in [1.54, 1.807) is 25.4 Å². The quantitative estimate of drug-likeness (QED) is 0.319. The van der Waals surface area contributed by atoms with Crippen LogP contribution in [0.15, 0.2) is 53.8 Å². The molecule has 0 fully saturated rings. The van der Waals surface area contributed by atoms with E-state index >= 15 is 0 Å². The van der Waals surface area contributed by atoms with E-state index in [9.17, 15) is 18.0 Å².